The summed E-state index contributed by atoms with van der Waals surface area (Å²) in [7, 11) is 0. The van der Waals surface area contributed by atoms with Gasteiger partial charge in [-0.3, -0.25) is 0 Å². The van der Waals surface area contributed by atoms with Gasteiger partial charge in [-0.2, -0.15) is 12.6 Å². The molecule has 0 saturated carbocycles. The first-order valence-electron chi connectivity index (χ1n) is 3.08. The fourth-order valence-electron chi connectivity index (χ4n) is 0.654. The number of rotatable bonds is 4. The normalized spacial score (nSPS) is 10.1. The summed E-state index contributed by atoms with van der Waals surface area (Å²) in [6.45, 7) is 1.54. The van der Waals surface area contributed by atoms with Gasteiger partial charge in [-0.05, 0) is 0 Å². The Hall–Kier alpha value is -0.480. The van der Waals surface area contributed by atoms with Crippen molar-refractivity contribution < 1.29 is 4.74 Å². The highest BCUT2D eigenvalue weighted by molar-refractivity contribution is 7.80. The Balaban J connectivity index is 2.15. The van der Waals surface area contributed by atoms with Crippen molar-refractivity contribution in [2.24, 2.45) is 0 Å². The zero-order valence-electron chi connectivity index (χ0n) is 5.60. The van der Waals surface area contributed by atoms with Gasteiger partial charge in [0.2, 0.25) is 0 Å². The smallest absolute Gasteiger partial charge is 0.0946 e. The molecule has 1 rings (SSSR count). The van der Waals surface area contributed by atoms with Crippen LogP contribution in [0.15, 0.2) is 18.7 Å². The largest absolute Gasteiger partial charge is 0.369 e. The molecule has 0 radical (unpaired) electrons. The van der Waals surface area contributed by atoms with Crippen LogP contribution in [0.2, 0.25) is 0 Å². The molecule has 0 saturated heterocycles. The lowest BCUT2D eigenvalue weighted by Crippen LogP contribution is -2.02. The first kappa shape index (κ1) is 7.63. The minimum absolute atomic E-state index is 0.481. The maximum Gasteiger partial charge on any atom is 0.0946 e. The molecule has 0 aliphatic carbocycles. The maximum atomic E-state index is 5.02. The fourth-order valence-corrected chi connectivity index (χ4v) is 0.783. The third-order valence-electron chi connectivity index (χ3n) is 1.14. The minimum atomic E-state index is 0.481. The molecule has 4 heteroatoms. The molecule has 0 aliphatic rings. The lowest BCUT2D eigenvalue weighted by atomic mass is 10.7. The van der Waals surface area contributed by atoms with E-state index in [0.29, 0.717) is 12.5 Å². The molecule has 1 aromatic rings. The Kier molecular flexibility index (Phi) is 3.32. The summed E-state index contributed by atoms with van der Waals surface area (Å²) >= 11 is 3.90. The summed E-state index contributed by atoms with van der Waals surface area (Å²) in [6.07, 6.45) is 5.42. The van der Waals surface area contributed by atoms with Gasteiger partial charge in [0, 0.05) is 18.9 Å². The van der Waals surface area contributed by atoms with E-state index in [1.165, 1.54) is 0 Å². The van der Waals surface area contributed by atoms with Gasteiger partial charge in [0.1, 0.15) is 0 Å². The second-order valence-corrected chi connectivity index (χ2v) is 2.10. The Morgan fingerprint density at radius 1 is 1.60 bits per heavy atom. The number of hydrogen-bond donors (Lipinski definition) is 1. The van der Waals surface area contributed by atoms with E-state index < -0.39 is 0 Å². The van der Waals surface area contributed by atoms with E-state index in [4.69, 9.17) is 4.74 Å². The van der Waals surface area contributed by atoms with Crippen LogP contribution >= 0.6 is 12.6 Å². The summed E-state index contributed by atoms with van der Waals surface area (Å²) in [5, 5.41) is 0. The highest BCUT2D eigenvalue weighted by Gasteiger charge is 1.87. The number of aromatic nitrogens is 2. The Labute approximate surface area is 65.4 Å². The second kappa shape index (κ2) is 4.35. The highest BCUT2D eigenvalue weighted by atomic mass is 32.1. The van der Waals surface area contributed by atoms with Crippen molar-refractivity contribution in [1.82, 2.24) is 9.55 Å². The molecule has 0 unspecified atom stereocenters. The van der Waals surface area contributed by atoms with E-state index in [-0.39, 0.29) is 0 Å². The van der Waals surface area contributed by atoms with Crippen molar-refractivity contribution in [2.45, 2.75) is 6.54 Å². The summed E-state index contributed by atoms with van der Waals surface area (Å²) < 4.78 is 6.98. The van der Waals surface area contributed by atoms with E-state index in [0.717, 1.165) is 6.54 Å². The number of nitrogens with zero attached hydrogens (tertiary/aromatic N) is 2. The molecule has 0 fully saturated rings. The minimum Gasteiger partial charge on any atom is -0.369 e. The van der Waals surface area contributed by atoms with Gasteiger partial charge in [0.05, 0.1) is 18.9 Å². The summed E-state index contributed by atoms with van der Waals surface area (Å²) in [6, 6.07) is 0. The zero-order chi connectivity index (χ0) is 7.23. The average Bonchev–Trinajstić information content (AvgIpc) is 2.41. The van der Waals surface area contributed by atoms with Gasteiger partial charge in [0.25, 0.3) is 0 Å². The van der Waals surface area contributed by atoms with E-state index in [2.05, 4.69) is 17.6 Å². The number of thiol groups is 1. The van der Waals surface area contributed by atoms with Gasteiger partial charge in [-0.1, -0.05) is 0 Å². The molecular formula is C6H10N2OS. The quantitative estimate of drug-likeness (QED) is 0.398. The third-order valence-corrected chi connectivity index (χ3v) is 1.33. The Morgan fingerprint density at radius 2 is 2.50 bits per heavy atom. The number of imidazole rings is 1. The van der Waals surface area contributed by atoms with Gasteiger partial charge in [0.15, 0.2) is 0 Å². The van der Waals surface area contributed by atoms with Crippen molar-refractivity contribution in [3.63, 3.8) is 0 Å². The van der Waals surface area contributed by atoms with E-state index >= 15 is 0 Å². The van der Waals surface area contributed by atoms with Crippen LogP contribution in [0.5, 0.6) is 0 Å². The summed E-state index contributed by atoms with van der Waals surface area (Å²) in [5.74, 6) is 0.481. The standard InChI is InChI=1S/C6H10N2OS/c10-6-9-4-3-8-2-1-7-5-8/h1-2,5,10H,3-4,6H2. The highest BCUT2D eigenvalue weighted by Crippen LogP contribution is 1.86. The van der Waals surface area contributed by atoms with E-state index in [1.54, 1.807) is 12.5 Å². The number of ether oxygens (including phenoxy) is 1. The molecule has 10 heavy (non-hydrogen) atoms. The van der Waals surface area contributed by atoms with E-state index in [9.17, 15) is 0 Å². The summed E-state index contributed by atoms with van der Waals surface area (Å²) in [5.41, 5.74) is 0. The maximum absolute atomic E-state index is 5.02. The van der Waals surface area contributed by atoms with Crippen LogP contribution in [-0.2, 0) is 11.3 Å². The van der Waals surface area contributed by atoms with Crippen LogP contribution in [0.25, 0.3) is 0 Å². The molecule has 0 atom stereocenters. The van der Waals surface area contributed by atoms with E-state index in [1.807, 2.05) is 10.8 Å². The van der Waals surface area contributed by atoms with Crippen molar-refractivity contribution in [1.29, 1.82) is 0 Å². The molecule has 0 aromatic carbocycles. The van der Waals surface area contributed by atoms with Crippen molar-refractivity contribution in [3.8, 4) is 0 Å². The molecule has 1 aromatic heterocycles. The van der Waals surface area contributed by atoms with Gasteiger partial charge in [-0.25, -0.2) is 4.98 Å². The first-order valence-corrected chi connectivity index (χ1v) is 3.71. The van der Waals surface area contributed by atoms with Crippen LogP contribution in [0.4, 0.5) is 0 Å². The SMILES string of the molecule is SCOCCn1ccnc1. The predicted molar refractivity (Wildman–Crippen MR) is 42.0 cm³/mol. The molecule has 56 valence electrons. The number of hydrogen-bond acceptors (Lipinski definition) is 3. The summed E-state index contributed by atoms with van der Waals surface area (Å²) in [4.78, 5) is 3.89. The van der Waals surface area contributed by atoms with Gasteiger partial charge in [-0.15, -0.1) is 0 Å². The van der Waals surface area contributed by atoms with Crippen molar-refractivity contribution in [3.05, 3.63) is 18.7 Å². The molecule has 3 nitrogen and oxygen atoms in total. The monoisotopic (exact) mass is 158 g/mol. The molecule has 0 aliphatic heterocycles. The Bertz CT molecular complexity index is 164. The van der Waals surface area contributed by atoms with Crippen LogP contribution in [-0.4, -0.2) is 22.1 Å². The average molecular weight is 158 g/mol. The fraction of sp³-hybridized carbons (Fsp3) is 0.500. The predicted octanol–water partition coefficient (Wildman–Crippen LogP) is 0.787. The molecule has 0 spiro atoms. The van der Waals surface area contributed by atoms with Crippen LogP contribution < -0.4 is 0 Å². The molecular weight excluding hydrogens is 148 g/mol. The first-order chi connectivity index (χ1) is 4.93. The Morgan fingerprint density at radius 3 is 3.10 bits per heavy atom. The molecule has 0 N–H and O–H groups in total. The van der Waals surface area contributed by atoms with Crippen LogP contribution in [0.1, 0.15) is 0 Å². The lowest BCUT2D eigenvalue weighted by Gasteiger charge is -2.00. The van der Waals surface area contributed by atoms with Gasteiger partial charge < -0.3 is 9.30 Å². The molecule has 0 amide bonds. The second-order valence-electron chi connectivity index (χ2n) is 1.84. The van der Waals surface area contributed by atoms with Gasteiger partial charge >= 0.3 is 0 Å². The lowest BCUT2D eigenvalue weighted by molar-refractivity contribution is 0.173. The molecule has 0 bridgehead atoms. The molecule has 1 heterocycles. The third kappa shape index (κ3) is 2.41. The zero-order valence-corrected chi connectivity index (χ0v) is 6.50. The van der Waals surface area contributed by atoms with Crippen LogP contribution in [0, 0.1) is 0 Å². The van der Waals surface area contributed by atoms with Crippen LogP contribution in [0.3, 0.4) is 0 Å². The van der Waals surface area contributed by atoms with Crippen molar-refractivity contribution >= 4 is 12.6 Å². The van der Waals surface area contributed by atoms with Crippen molar-refractivity contribution in [2.75, 3.05) is 12.5 Å². The topological polar surface area (TPSA) is 27.1 Å².